The van der Waals surface area contributed by atoms with Gasteiger partial charge < -0.3 is 0 Å². The zero-order valence-corrected chi connectivity index (χ0v) is 10.6. The standard InChI is InChI=1S/C10H11ClIN/c1-6-8(12)5-7(11)9(13-6)10(2)3-4-10/h5H,3-4H2,1-2H3. The molecule has 1 saturated carbocycles. The van der Waals surface area contributed by atoms with Gasteiger partial charge >= 0.3 is 0 Å². The minimum absolute atomic E-state index is 0.270. The number of pyridine rings is 1. The molecule has 3 heteroatoms. The number of rotatable bonds is 1. The van der Waals surface area contributed by atoms with E-state index in [9.17, 15) is 0 Å². The molecule has 1 aliphatic rings. The van der Waals surface area contributed by atoms with Gasteiger partial charge in [-0.25, -0.2) is 0 Å². The van der Waals surface area contributed by atoms with Crippen LogP contribution >= 0.6 is 34.2 Å². The van der Waals surface area contributed by atoms with Crippen LogP contribution in [0.3, 0.4) is 0 Å². The molecule has 0 amide bonds. The third-order valence-electron chi connectivity index (χ3n) is 2.68. The maximum Gasteiger partial charge on any atom is 0.0652 e. The number of aryl methyl sites for hydroxylation is 1. The Kier molecular flexibility index (Phi) is 2.31. The minimum Gasteiger partial charge on any atom is -0.255 e. The molecule has 1 fully saturated rings. The molecule has 0 saturated heterocycles. The predicted octanol–water partition coefficient (Wildman–Crippen LogP) is 3.70. The zero-order valence-electron chi connectivity index (χ0n) is 7.69. The zero-order chi connectivity index (χ0) is 9.64. The third kappa shape index (κ3) is 1.71. The van der Waals surface area contributed by atoms with Crippen LogP contribution in [0.2, 0.25) is 5.02 Å². The van der Waals surface area contributed by atoms with Crippen molar-refractivity contribution >= 4 is 34.2 Å². The third-order valence-corrected chi connectivity index (χ3v) is 4.06. The highest BCUT2D eigenvalue weighted by atomic mass is 127. The van der Waals surface area contributed by atoms with Crippen molar-refractivity contribution in [3.05, 3.63) is 26.0 Å². The first-order valence-electron chi connectivity index (χ1n) is 4.36. The van der Waals surface area contributed by atoms with Gasteiger partial charge in [-0.05, 0) is 48.4 Å². The van der Waals surface area contributed by atoms with Gasteiger partial charge in [0.1, 0.15) is 0 Å². The van der Waals surface area contributed by atoms with Crippen LogP contribution in [0.15, 0.2) is 6.07 Å². The van der Waals surface area contributed by atoms with Crippen LogP contribution in [-0.2, 0) is 5.41 Å². The quantitative estimate of drug-likeness (QED) is 0.721. The van der Waals surface area contributed by atoms with E-state index in [1.54, 1.807) is 0 Å². The SMILES string of the molecule is Cc1nc(C2(C)CC2)c(Cl)cc1I. The van der Waals surface area contributed by atoms with Crippen LogP contribution in [0.1, 0.15) is 31.2 Å². The van der Waals surface area contributed by atoms with E-state index in [4.69, 9.17) is 11.6 Å². The Morgan fingerprint density at radius 3 is 2.69 bits per heavy atom. The van der Waals surface area contributed by atoms with E-state index in [1.807, 2.05) is 13.0 Å². The summed E-state index contributed by atoms with van der Waals surface area (Å²) in [5, 5.41) is 0.829. The highest BCUT2D eigenvalue weighted by molar-refractivity contribution is 14.1. The molecular weight excluding hydrogens is 296 g/mol. The molecule has 1 aromatic rings. The summed E-state index contributed by atoms with van der Waals surface area (Å²) < 4.78 is 1.15. The number of hydrogen-bond acceptors (Lipinski definition) is 1. The van der Waals surface area contributed by atoms with Crippen molar-refractivity contribution in [1.29, 1.82) is 0 Å². The molecule has 1 aromatic heterocycles. The fourth-order valence-corrected chi connectivity index (χ4v) is 2.40. The smallest absolute Gasteiger partial charge is 0.0652 e. The lowest BCUT2D eigenvalue weighted by molar-refractivity contribution is 0.744. The van der Waals surface area contributed by atoms with Crippen LogP contribution in [0.4, 0.5) is 0 Å². The van der Waals surface area contributed by atoms with Crippen molar-refractivity contribution in [3.8, 4) is 0 Å². The second-order valence-electron chi connectivity index (χ2n) is 3.95. The molecule has 0 radical (unpaired) electrons. The van der Waals surface area contributed by atoms with Crippen LogP contribution in [0.25, 0.3) is 0 Å². The Balaban J connectivity index is 2.52. The van der Waals surface area contributed by atoms with E-state index in [2.05, 4.69) is 34.5 Å². The van der Waals surface area contributed by atoms with E-state index in [0.717, 1.165) is 20.0 Å². The van der Waals surface area contributed by atoms with Crippen molar-refractivity contribution in [2.24, 2.45) is 0 Å². The van der Waals surface area contributed by atoms with Gasteiger partial charge in [-0.15, -0.1) is 0 Å². The molecule has 0 bridgehead atoms. The maximum absolute atomic E-state index is 6.16. The molecular formula is C10H11ClIN. The largest absolute Gasteiger partial charge is 0.255 e. The summed E-state index contributed by atoms with van der Waals surface area (Å²) in [7, 11) is 0. The Morgan fingerprint density at radius 1 is 1.54 bits per heavy atom. The van der Waals surface area contributed by atoms with Crippen LogP contribution < -0.4 is 0 Å². The van der Waals surface area contributed by atoms with E-state index in [1.165, 1.54) is 12.8 Å². The van der Waals surface area contributed by atoms with Crippen molar-refractivity contribution in [2.45, 2.75) is 32.1 Å². The molecule has 0 aromatic carbocycles. The Morgan fingerprint density at radius 2 is 2.15 bits per heavy atom. The topological polar surface area (TPSA) is 12.9 Å². The molecule has 1 heterocycles. The first kappa shape index (κ1) is 9.71. The van der Waals surface area contributed by atoms with E-state index < -0.39 is 0 Å². The summed E-state index contributed by atoms with van der Waals surface area (Å²) >= 11 is 8.43. The van der Waals surface area contributed by atoms with Gasteiger partial charge in [-0.3, -0.25) is 4.98 Å². The molecule has 70 valence electrons. The van der Waals surface area contributed by atoms with Gasteiger partial charge in [-0.2, -0.15) is 0 Å². The lowest BCUT2D eigenvalue weighted by Gasteiger charge is -2.11. The molecule has 13 heavy (non-hydrogen) atoms. The Hall–Kier alpha value is 0.170. The van der Waals surface area contributed by atoms with Crippen molar-refractivity contribution in [3.63, 3.8) is 0 Å². The number of halogens is 2. The van der Waals surface area contributed by atoms with Gasteiger partial charge in [0.05, 0.1) is 16.4 Å². The average molecular weight is 308 g/mol. The van der Waals surface area contributed by atoms with Crippen LogP contribution in [-0.4, -0.2) is 4.98 Å². The molecule has 0 aliphatic heterocycles. The van der Waals surface area contributed by atoms with Gasteiger partial charge in [0, 0.05) is 8.99 Å². The predicted molar refractivity (Wildman–Crippen MR) is 63.3 cm³/mol. The molecule has 1 nitrogen and oxygen atoms in total. The fourth-order valence-electron chi connectivity index (χ4n) is 1.41. The maximum atomic E-state index is 6.16. The first-order chi connectivity index (χ1) is 6.03. The van der Waals surface area contributed by atoms with Crippen molar-refractivity contribution < 1.29 is 0 Å². The van der Waals surface area contributed by atoms with Crippen LogP contribution in [0.5, 0.6) is 0 Å². The van der Waals surface area contributed by atoms with Gasteiger partial charge in [-0.1, -0.05) is 18.5 Å². The average Bonchev–Trinajstić information content (AvgIpc) is 2.77. The second-order valence-corrected chi connectivity index (χ2v) is 5.52. The fraction of sp³-hybridized carbons (Fsp3) is 0.500. The summed E-state index contributed by atoms with van der Waals surface area (Å²) in [6.07, 6.45) is 2.44. The summed E-state index contributed by atoms with van der Waals surface area (Å²) in [5.41, 5.74) is 2.45. The van der Waals surface area contributed by atoms with Crippen molar-refractivity contribution in [2.75, 3.05) is 0 Å². The summed E-state index contributed by atoms with van der Waals surface area (Å²) in [4.78, 5) is 4.57. The monoisotopic (exact) mass is 307 g/mol. The van der Waals surface area contributed by atoms with E-state index in [0.29, 0.717) is 0 Å². The van der Waals surface area contributed by atoms with E-state index >= 15 is 0 Å². The van der Waals surface area contributed by atoms with Crippen LogP contribution in [0, 0.1) is 10.5 Å². The molecule has 0 spiro atoms. The lowest BCUT2D eigenvalue weighted by Crippen LogP contribution is -2.06. The number of nitrogens with zero attached hydrogens (tertiary/aromatic N) is 1. The number of aromatic nitrogens is 1. The summed E-state index contributed by atoms with van der Waals surface area (Å²) in [5.74, 6) is 0. The Labute approximate surface area is 97.0 Å². The number of hydrogen-bond donors (Lipinski definition) is 0. The Bertz CT molecular complexity index is 358. The summed E-state index contributed by atoms with van der Waals surface area (Å²) in [6, 6.07) is 2.02. The van der Waals surface area contributed by atoms with Crippen molar-refractivity contribution in [1.82, 2.24) is 4.98 Å². The first-order valence-corrected chi connectivity index (χ1v) is 5.82. The molecule has 0 N–H and O–H groups in total. The van der Waals surface area contributed by atoms with Gasteiger partial charge in [0.15, 0.2) is 0 Å². The normalized spacial score (nSPS) is 18.8. The van der Waals surface area contributed by atoms with Gasteiger partial charge in [0.2, 0.25) is 0 Å². The molecule has 2 rings (SSSR count). The molecule has 0 atom stereocenters. The van der Waals surface area contributed by atoms with E-state index in [-0.39, 0.29) is 5.41 Å². The minimum atomic E-state index is 0.270. The lowest BCUT2D eigenvalue weighted by atomic mass is 10.0. The highest BCUT2D eigenvalue weighted by Gasteiger charge is 2.42. The molecule has 0 unspecified atom stereocenters. The summed E-state index contributed by atoms with van der Waals surface area (Å²) in [6.45, 7) is 4.26. The second kappa shape index (κ2) is 3.09. The van der Waals surface area contributed by atoms with Gasteiger partial charge in [0.25, 0.3) is 0 Å². The molecule has 1 aliphatic carbocycles. The highest BCUT2D eigenvalue weighted by Crippen LogP contribution is 2.49.